The van der Waals surface area contributed by atoms with Gasteiger partial charge in [-0.05, 0) is 32.4 Å². The van der Waals surface area contributed by atoms with Crippen LogP contribution in [0.5, 0.6) is 0 Å². The topological polar surface area (TPSA) is 58.4 Å². The SMILES string of the molecule is C[C@H](N)c1cccc(F)c1N1CCNC(=O)C1(C)C. The number of halogens is 1. The minimum atomic E-state index is -0.788. The number of nitrogens with one attached hydrogen (secondary N) is 1. The zero-order chi connectivity index (χ0) is 14.2. The van der Waals surface area contributed by atoms with Crippen LogP contribution in [0.15, 0.2) is 18.2 Å². The first-order valence-electron chi connectivity index (χ1n) is 6.45. The Balaban J connectivity index is 2.54. The number of hydrogen-bond donors (Lipinski definition) is 2. The van der Waals surface area contributed by atoms with Gasteiger partial charge in [-0.15, -0.1) is 0 Å². The number of carbonyl (C=O) groups excluding carboxylic acids is 1. The van der Waals surface area contributed by atoms with Gasteiger partial charge in [0.1, 0.15) is 11.4 Å². The third kappa shape index (κ3) is 2.30. The second-order valence-electron chi connectivity index (χ2n) is 5.43. The van der Waals surface area contributed by atoms with Crippen LogP contribution in [0, 0.1) is 5.82 Å². The van der Waals surface area contributed by atoms with E-state index in [1.54, 1.807) is 24.8 Å². The van der Waals surface area contributed by atoms with E-state index in [9.17, 15) is 9.18 Å². The third-order valence-electron chi connectivity index (χ3n) is 3.63. The summed E-state index contributed by atoms with van der Waals surface area (Å²) >= 11 is 0. The van der Waals surface area contributed by atoms with E-state index in [1.165, 1.54) is 6.07 Å². The fourth-order valence-electron chi connectivity index (χ4n) is 2.48. The molecule has 5 heteroatoms. The summed E-state index contributed by atoms with van der Waals surface area (Å²) in [7, 11) is 0. The molecule has 0 unspecified atom stereocenters. The normalized spacial score (nSPS) is 20.1. The van der Waals surface area contributed by atoms with Crippen LogP contribution in [-0.2, 0) is 4.79 Å². The molecule has 1 aliphatic heterocycles. The third-order valence-corrected chi connectivity index (χ3v) is 3.63. The van der Waals surface area contributed by atoms with Gasteiger partial charge in [0.15, 0.2) is 0 Å². The van der Waals surface area contributed by atoms with Crippen molar-refractivity contribution >= 4 is 11.6 Å². The highest BCUT2D eigenvalue weighted by atomic mass is 19.1. The number of amides is 1. The number of nitrogens with two attached hydrogens (primary N) is 1. The maximum Gasteiger partial charge on any atom is 0.245 e. The first-order chi connectivity index (χ1) is 8.85. The van der Waals surface area contributed by atoms with E-state index < -0.39 is 5.54 Å². The average Bonchev–Trinajstić information content (AvgIpc) is 2.33. The van der Waals surface area contributed by atoms with Crippen LogP contribution in [-0.4, -0.2) is 24.5 Å². The zero-order valence-corrected chi connectivity index (χ0v) is 11.5. The predicted octanol–water partition coefficient (Wildman–Crippen LogP) is 1.56. The highest BCUT2D eigenvalue weighted by Gasteiger charge is 2.39. The Morgan fingerprint density at radius 2 is 2.16 bits per heavy atom. The van der Waals surface area contributed by atoms with Crippen molar-refractivity contribution < 1.29 is 9.18 Å². The van der Waals surface area contributed by atoms with Crippen molar-refractivity contribution in [2.75, 3.05) is 18.0 Å². The molecule has 4 nitrogen and oxygen atoms in total. The number of piperazine rings is 1. The number of carbonyl (C=O) groups is 1. The lowest BCUT2D eigenvalue weighted by molar-refractivity contribution is -0.126. The van der Waals surface area contributed by atoms with E-state index in [4.69, 9.17) is 5.73 Å². The molecule has 0 aromatic heterocycles. The van der Waals surface area contributed by atoms with Crippen molar-refractivity contribution in [1.29, 1.82) is 0 Å². The van der Waals surface area contributed by atoms with Gasteiger partial charge in [0.05, 0.1) is 5.69 Å². The van der Waals surface area contributed by atoms with E-state index in [2.05, 4.69) is 5.32 Å². The Hall–Kier alpha value is -1.62. The number of rotatable bonds is 2. The van der Waals surface area contributed by atoms with Gasteiger partial charge >= 0.3 is 0 Å². The summed E-state index contributed by atoms with van der Waals surface area (Å²) in [4.78, 5) is 13.8. The first-order valence-corrected chi connectivity index (χ1v) is 6.45. The molecule has 1 heterocycles. The molecule has 0 radical (unpaired) electrons. The number of nitrogens with zero attached hydrogens (tertiary/aromatic N) is 1. The molecule has 0 saturated carbocycles. The Bertz CT molecular complexity index is 499. The predicted molar refractivity (Wildman–Crippen MR) is 73.4 cm³/mol. The van der Waals surface area contributed by atoms with E-state index >= 15 is 0 Å². The van der Waals surface area contributed by atoms with Crippen LogP contribution in [0.1, 0.15) is 32.4 Å². The highest BCUT2D eigenvalue weighted by molar-refractivity contribution is 5.90. The lowest BCUT2D eigenvalue weighted by Crippen LogP contribution is -2.62. The molecular weight excluding hydrogens is 245 g/mol. The molecule has 2 rings (SSSR count). The average molecular weight is 265 g/mol. The summed E-state index contributed by atoms with van der Waals surface area (Å²) in [6.07, 6.45) is 0. The van der Waals surface area contributed by atoms with Crippen molar-refractivity contribution in [3.05, 3.63) is 29.6 Å². The van der Waals surface area contributed by atoms with Gasteiger partial charge in [0, 0.05) is 19.1 Å². The quantitative estimate of drug-likeness (QED) is 0.853. The largest absolute Gasteiger partial charge is 0.353 e. The first kappa shape index (κ1) is 13.8. The molecule has 1 aromatic rings. The summed E-state index contributed by atoms with van der Waals surface area (Å²) in [5.41, 5.74) is 6.30. The van der Waals surface area contributed by atoms with Crippen LogP contribution in [0.4, 0.5) is 10.1 Å². The molecular formula is C14H20FN3O. The van der Waals surface area contributed by atoms with Gasteiger partial charge < -0.3 is 16.0 Å². The van der Waals surface area contributed by atoms with E-state index in [0.717, 1.165) is 5.56 Å². The maximum absolute atomic E-state index is 14.2. The van der Waals surface area contributed by atoms with Crippen LogP contribution >= 0.6 is 0 Å². The molecule has 0 spiro atoms. The van der Waals surface area contributed by atoms with Gasteiger partial charge in [-0.25, -0.2) is 4.39 Å². The molecule has 104 valence electrons. The Kier molecular flexibility index (Phi) is 3.49. The molecule has 19 heavy (non-hydrogen) atoms. The Morgan fingerprint density at radius 3 is 2.79 bits per heavy atom. The minimum Gasteiger partial charge on any atom is -0.353 e. The summed E-state index contributed by atoms with van der Waals surface area (Å²) in [5.74, 6) is -0.435. The Labute approximate surface area is 112 Å². The van der Waals surface area contributed by atoms with E-state index in [-0.39, 0.29) is 17.8 Å². The molecule has 1 aliphatic rings. The second-order valence-corrected chi connectivity index (χ2v) is 5.43. The maximum atomic E-state index is 14.2. The van der Waals surface area contributed by atoms with Crippen LogP contribution in [0.25, 0.3) is 0 Å². The van der Waals surface area contributed by atoms with Crippen molar-refractivity contribution in [2.45, 2.75) is 32.4 Å². The summed E-state index contributed by atoms with van der Waals surface area (Å²) in [5, 5.41) is 2.81. The van der Waals surface area contributed by atoms with Gasteiger partial charge in [-0.3, -0.25) is 4.79 Å². The van der Waals surface area contributed by atoms with Crippen LogP contribution < -0.4 is 16.0 Å². The number of hydrogen-bond acceptors (Lipinski definition) is 3. The highest BCUT2D eigenvalue weighted by Crippen LogP contribution is 2.34. The number of anilines is 1. The molecule has 0 bridgehead atoms. The monoisotopic (exact) mass is 265 g/mol. The minimum absolute atomic E-state index is 0.0994. The molecule has 1 fully saturated rings. The fraction of sp³-hybridized carbons (Fsp3) is 0.500. The smallest absolute Gasteiger partial charge is 0.245 e. The molecule has 0 aliphatic carbocycles. The van der Waals surface area contributed by atoms with Crippen molar-refractivity contribution in [1.82, 2.24) is 5.32 Å². The molecule has 3 N–H and O–H groups in total. The second kappa shape index (κ2) is 4.81. The summed E-state index contributed by atoms with van der Waals surface area (Å²) in [6.45, 7) is 6.47. The molecule has 1 atom stereocenters. The molecule has 1 amide bonds. The molecule has 1 saturated heterocycles. The molecule has 1 aromatic carbocycles. The van der Waals surface area contributed by atoms with Gasteiger partial charge in [-0.2, -0.15) is 0 Å². The van der Waals surface area contributed by atoms with E-state index in [0.29, 0.717) is 18.8 Å². The van der Waals surface area contributed by atoms with Crippen molar-refractivity contribution in [3.63, 3.8) is 0 Å². The number of benzene rings is 1. The lowest BCUT2D eigenvalue weighted by atomic mass is 9.95. The fourth-order valence-corrected chi connectivity index (χ4v) is 2.48. The van der Waals surface area contributed by atoms with Gasteiger partial charge in [0.2, 0.25) is 5.91 Å². The standard InChI is InChI=1S/C14H20FN3O/c1-9(16)10-5-4-6-11(15)12(10)18-8-7-17-13(19)14(18,2)3/h4-6,9H,7-8,16H2,1-3H3,(H,17,19)/t9-/m0/s1. The van der Waals surface area contributed by atoms with Crippen LogP contribution in [0.3, 0.4) is 0 Å². The Morgan fingerprint density at radius 1 is 1.47 bits per heavy atom. The van der Waals surface area contributed by atoms with Crippen molar-refractivity contribution in [2.24, 2.45) is 5.73 Å². The van der Waals surface area contributed by atoms with Crippen molar-refractivity contribution in [3.8, 4) is 0 Å². The number of para-hydroxylation sites is 1. The summed E-state index contributed by atoms with van der Waals surface area (Å²) in [6, 6.07) is 4.58. The van der Waals surface area contributed by atoms with E-state index in [1.807, 2.05) is 13.0 Å². The van der Waals surface area contributed by atoms with Gasteiger partial charge in [-0.1, -0.05) is 12.1 Å². The van der Waals surface area contributed by atoms with Crippen LogP contribution in [0.2, 0.25) is 0 Å². The van der Waals surface area contributed by atoms with Gasteiger partial charge in [0.25, 0.3) is 0 Å². The lowest BCUT2D eigenvalue weighted by Gasteiger charge is -2.44. The summed E-state index contributed by atoms with van der Waals surface area (Å²) < 4.78 is 14.2. The zero-order valence-electron chi connectivity index (χ0n) is 11.5.